The van der Waals surface area contributed by atoms with Gasteiger partial charge in [-0.1, -0.05) is 49.2 Å². The molecule has 0 atom stereocenters. The highest BCUT2D eigenvalue weighted by atomic mass is 32.2. The Morgan fingerprint density at radius 2 is 1.90 bits per heavy atom. The van der Waals surface area contributed by atoms with E-state index in [2.05, 4.69) is 28.9 Å². The molecule has 164 valence electrons. The lowest BCUT2D eigenvalue weighted by Gasteiger charge is -2.37. The summed E-state index contributed by atoms with van der Waals surface area (Å²) in [7, 11) is 0. The summed E-state index contributed by atoms with van der Waals surface area (Å²) in [5.74, 6) is 2.04. The van der Waals surface area contributed by atoms with Gasteiger partial charge in [-0.3, -0.25) is 9.36 Å². The maximum Gasteiger partial charge on any atom is 0.233 e. The van der Waals surface area contributed by atoms with Crippen molar-refractivity contribution in [3.8, 4) is 17.1 Å². The van der Waals surface area contributed by atoms with Gasteiger partial charge in [0.25, 0.3) is 0 Å². The number of aromatic nitrogens is 3. The van der Waals surface area contributed by atoms with E-state index in [1.54, 1.807) is 6.26 Å². The molecule has 6 nitrogen and oxygen atoms in total. The number of carbonyl (C=O) groups excluding carboxylic acids is 1. The first-order chi connectivity index (χ1) is 15.1. The Hall–Kier alpha value is -2.54. The largest absolute Gasteiger partial charge is 0.469 e. The van der Waals surface area contributed by atoms with Crippen LogP contribution in [0.5, 0.6) is 0 Å². The van der Waals surface area contributed by atoms with Crippen LogP contribution in [0.15, 0.2) is 52.2 Å². The highest BCUT2D eigenvalue weighted by Gasteiger charge is 2.28. The van der Waals surface area contributed by atoms with Gasteiger partial charge < -0.3 is 9.32 Å². The molecular formula is C24H30N4O2S. The highest BCUT2D eigenvalue weighted by molar-refractivity contribution is 7.99. The van der Waals surface area contributed by atoms with Crippen LogP contribution in [-0.4, -0.2) is 43.4 Å². The van der Waals surface area contributed by atoms with E-state index in [9.17, 15) is 4.79 Å². The normalized spacial score (nSPS) is 14.8. The van der Waals surface area contributed by atoms with Gasteiger partial charge in [0.15, 0.2) is 11.0 Å². The molecule has 3 aromatic rings. The van der Waals surface area contributed by atoms with Gasteiger partial charge in [0.05, 0.1) is 17.6 Å². The molecule has 1 saturated carbocycles. The second-order valence-corrected chi connectivity index (χ2v) is 9.29. The number of aryl methyl sites for hydroxylation is 1. The number of benzene rings is 1. The third-order valence-corrected chi connectivity index (χ3v) is 6.80. The van der Waals surface area contributed by atoms with Gasteiger partial charge in [0.2, 0.25) is 5.91 Å². The molecule has 4 rings (SSSR count). The molecule has 2 heterocycles. The van der Waals surface area contributed by atoms with Crippen LogP contribution in [0.25, 0.3) is 17.1 Å². The van der Waals surface area contributed by atoms with Crippen molar-refractivity contribution in [3.05, 3.63) is 48.4 Å². The molecule has 0 aliphatic heterocycles. The van der Waals surface area contributed by atoms with E-state index in [4.69, 9.17) is 4.42 Å². The van der Waals surface area contributed by atoms with Crippen molar-refractivity contribution in [1.29, 1.82) is 0 Å². The number of carbonyl (C=O) groups is 1. The lowest BCUT2D eigenvalue weighted by atomic mass is 9.93. The zero-order valence-corrected chi connectivity index (χ0v) is 19.3. The lowest BCUT2D eigenvalue weighted by Crippen LogP contribution is -2.46. The van der Waals surface area contributed by atoms with Crippen LogP contribution in [0.2, 0.25) is 0 Å². The van der Waals surface area contributed by atoms with Crippen LogP contribution in [0.1, 0.15) is 51.7 Å². The zero-order valence-electron chi connectivity index (χ0n) is 18.5. The molecule has 0 bridgehead atoms. The fourth-order valence-electron chi connectivity index (χ4n) is 4.44. The van der Waals surface area contributed by atoms with Crippen molar-refractivity contribution in [2.45, 2.75) is 70.1 Å². The molecule has 0 saturated heterocycles. The third kappa shape index (κ3) is 4.71. The summed E-state index contributed by atoms with van der Waals surface area (Å²) in [6.07, 6.45) is 7.59. The number of hydrogen-bond donors (Lipinski definition) is 0. The standard InChI is InChI=1S/C24H30N4O2S/c1-17(2)27(19-10-6-4-7-11-19)22(29)16-31-24-26-25-23(21-14-15-30-18(21)3)28(24)20-12-8-5-9-13-20/h5,8-9,12-15,17,19H,4,6-7,10-11,16H2,1-3H3. The smallest absolute Gasteiger partial charge is 0.233 e. The van der Waals surface area contributed by atoms with Crippen LogP contribution in [0.3, 0.4) is 0 Å². The average Bonchev–Trinajstić information content (AvgIpc) is 3.39. The minimum atomic E-state index is 0.176. The molecule has 2 aromatic heterocycles. The van der Waals surface area contributed by atoms with Gasteiger partial charge in [0, 0.05) is 17.8 Å². The number of para-hydroxylation sites is 1. The molecule has 1 fully saturated rings. The number of thioether (sulfide) groups is 1. The Bertz CT molecular complexity index is 1010. The van der Waals surface area contributed by atoms with Crippen LogP contribution in [0.4, 0.5) is 0 Å². The summed E-state index contributed by atoms with van der Waals surface area (Å²) >= 11 is 1.45. The van der Waals surface area contributed by atoms with Crippen molar-refractivity contribution in [1.82, 2.24) is 19.7 Å². The Morgan fingerprint density at radius 1 is 1.16 bits per heavy atom. The van der Waals surface area contributed by atoms with E-state index in [1.165, 1.54) is 31.0 Å². The van der Waals surface area contributed by atoms with Crippen LogP contribution >= 0.6 is 11.8 Å². The van der Waals surface area contributed by atoms with Gasteiger partial charge in [-0.2, -0.15) is 0 Å². The van der Waals surface area contributed by atoms with Crippen LogP contribution in [-0.2, 0) is 4.79 Å². The van der Waals surface area contributed by atoms with E-state index in [0.717, 1.165) is 35.7 Å². The highest BCUT2D eigenvalue weighted by Crippen LogP contribution is 2.31. The van der Waals surface area contributed by atoms with E-state index < -0.39 is 0 Å². The quantitative estimate of drug-likeness (QED) is 0.456. The molecule has 0 radical (unpaired) electrons. The monoisotopic (exact) mass is 438 g/mol. The van der Waals surface area contributed by atoms with Crippen molar-refractivity contribution in [2.75, 3.05) is 5.75 Å². The first-order valence-electron chi connectivity index (χ1n) is 11.1. The van der Waals surface area contributed by atoms with Gasteiger partial charge in [-0.25, -0.2) is 0 Å². The van der Waals surface area contributed by atoms with E-state index in [0.29, 0.717) is 17.0 Å². The second kappa shape index (κ2) is 9.73. The molecule has 1 amide bonds. The van der Waals surface area contributed by atoms with Crippen molar-refractivity contribution in [2.24, 2.45) is 0 Å². The minimum Gasteiger partial charge on any atom is -0.469 e. The maximum atomic E-state index is 13.2. The molecule has 31 heavy (non-hydrogen) atoms. The van der Waals surface area contributed by atoms with Crippen molar-refractivity contribution in [3.63, 3.8) is 0 Å². The number of furan rings is 1. The summed E-state index contributed by atoms with van der Waals surface area (Å²) in [6.45, 7) is 6.15. The molecule has 1 aliphatic rings. The predicted octanol–water partition coefficient (Wildman–Crippen LogP) is 5.50. The van der Waals surface area contributed by atoms with Gasteiger partial charge in [0.1, 0.15) is 5.76 Å². The maximum absolute atomic E-state index is 13.2. The van der Waals surface area contributed by atoms with Crippen molar-refractivity contribution >= 4 is 17.7 Å². The molecule has 1 aromatic carbocycles. The van der Waals surface area contributed by atoms with Gasteiger partial charge in [-0.15, -0.1) is 10.2 Å². The molecule has 0 unspecified atom stereocenters. The number of hydrogen-bond acceptors (Lipinski definition) is 5. The summed E-state index contributed by atoms with van der Waals surface area (Å²) in [5.41, 5.74) is 1.87. The van der Waals surface area contributed by atoms with Crippen LogP contribution < -0.4 is 0 Å². The van der Waals surface area contributed by atoms with E-state index in [1.807, 2.05) is 47.9 Å². The summed E-state index contributed by atoms with van der Waals surface area (Å²) in [6, 6.07) is 12.5. The molecule has 0 N–H and O–H groups in total. The Labute approximate surface area is 188 Å². The minimum absolute atomic E-state index is 0.176. The molecular weight excluding hydrogens is 408 g/mol. The first kappa shape index (κ1) is 21.7. The predicted molar refractivity (Wildman–Crippen MR) is 123 cm³/mol. The Balaban J connectivity index is 1.59. The number of amides is 1. The topological polar surface area (TPSA) is 64.2 Å². The fraction of sp³-hybridized carbons (Fsp3) is 0.458. The molecule has 1 aliphatic carbocycles. The summed E-state index contributed by atoms with van der Waals surface area (Å²) in [4.78, 5) is 15.3. The van der Waals surface area contributed by atoms with Gasteiger partial charge >= 0.3 is 0 Å². The summed E-state index contributed by atoms with van der Waals surface area (Å²) < 4.78 is 7.50. The summed E-state index contributed by atoms with van der Waals surface area (Å²) in [5, 5.41) is 9.60. The van der Waals surface area contributed by atoms with Crippen molar-refractivity contribution < 1.29 is 9.21 Å². The van der Waals surface area contributed by atoms with Crippen LogP contribution in [0, 0.1) is 6.92 Å². The fourth-order valence-corrected chi connectivity index (χ4v) is 5.26. The molecule has 0 spiro atoms. The number of nitrogens with zero attached hydrogens (tertiary/aromatic N) is 4. The van der Waals surface area contributed by atoms with E-state index in [-0.39, 0.29) is 11.9 Å². The molecule has 7 heteroatoms. The Morgan fingerprint density at radius 3 is 2.55 bits per heavy atom. The second-order valence-electron chi connectivity index (χ2n) is 8.34. The van der Waals surface area contributed by atoms with E-state index >= 15 is 0 Å². The SMILES string of the molecule is Cc1occc1-c1nnc(SCC(=O)N(C(C)C)C2CCCCC2)n1-c1ccccc1. The number of rotatable bonds is 7. The Kier molecular flexibility index (Phi) is 6.80. The van der Waals surface area contributed by atoms with Gasteiger partial charge in [-0.05, 0) is 51.8 Å². The zero-order chi connectivity index (χ0) is 21.8. The average molecular weight is 439 g/mol. The third-order valence-electron chi connectivity index (χ3n) is 5.88. The first-order valence-corrected chi connectivity index (χ1v) is 12.0. The lowest BCUT2D eigenvalue weighted by molar-refractivity contribution is -0.133.